The molecule has 3 heteroatoms. The van der Waals surface area contributed by atoms with E-state index in [1.807, 2.05) is 6.92 Å². The molecule has 2 nitrogen and oxygen atoms in total. The van der Waals surface area contributed by atoms with Gasteiger partial charge in [-0.3, -0.25) is 4.79 Å². The Bertz CT molecular complexity index is 336. The van der Waals surface area contributed by atoms with Crippen LogP contribution in [-0.2, 0) is 4.79 Å². The van der Waals surface area contributed by atoms with E-state index in [0.29, 0.717) is 11.3 Å². The van der Waals surface area contributed by atoms with Gasteiger partial charge in [-0.1, -0.05) is 70.1 Å². The van der Waals surface area contributed by atoms with Gasteiger partial charge in [0.2, 0.25) is 5.12 Å². The smallest absolute Gasteiger partial charge is 0.219 e. The largest absolute Gasteiger partial charge is 0.510 e. The van der Waals surface area contributed by atoms with Gasteiger partial charge in [0.15, 0.2) is 0 Å². The quantitative estimate of drug-likeness (QED) is 0.577. The van der Waals surface area contributed by atoms with Gasteiger partial charge in [0.25, 0.3) is 0 Å². The molecule has 1 N–H and O–H groups in total. The Balaban J connectivity index is 2.15. The van der Waals surface area contributed by atoms with Crippen molar-refractivity contribution < 1.29 is 9.90 Å². The van der Waals surface area contributed by atoms with Crippen molar-refractivity contribution >= 4 is 16.9 Å². The second-order valence-corrected chi connectivity index (χ2v) is 7.29. The van der Waals surface area contributed by atoms with Crippen LogP contribution in [0.15, 0.2) is 11.3 Å². The van der Waals surface area contributed by atoms with Crippen LogP contribution in [-0.4, -0.2) is 15.0 Å². The van der Waals surface area contributed by atoms with Crippen LogP contribution < -0.4 is 0 Å². The topological polar surface area (TPSA) is 37.3 Å². The molecule has 1 aliphatic rings. The molecule has 0 saturated carbocycles. The first-order valence-electron chi connectivity index (χ1n) is 7.65. The molecule has 0 amide bonds. The third kappa shape index (κ3) is 4.87. The summed E-state index contributed by atoms with van der Waals surface area (Å²) in [7, 11) is 0. The lowest BCUT2D eigenvalue weighted by Crippen LogP contribution is -2.20. The molecule has 0 spiro atoms. The van der Waals surface area contributed by atoms with Crippen LogP contribution in [0.25, 0.3) is 0 Å². The van der Waals surface area contributed by atoms with Gasteiger partial charge in [-0.2, -0.15) is 0 Å². The maximum absolute atomic E-state index is 11.6. The number of unbranched alkanes of at least 4 members (excludes halogenated alkanes) is 7. The minimum atomic E-state index is -0.358. The molecule has 0 fully saturated rings. The van der Waals surface area contributed by atoms with Gasteiger partial charge >= 0.3 is 0 Å². The maximum atomic E-state index is 11.6. The summed E-state index contributed by atoms with van der Waals surface area (Å²) in [6.07, 6.45) is 11.2. The third-order valence-electron chi connectivity index (χ3n) is 3.99. The third-order valence-corrected chi connectivity index (χ3v) is 5.33. The monoisotopic (exact) mass is 284 g/mol. The molecule has 0 unspecified atom stereocenters. The Labute approximate surface area is 122 Å². The van der Waals surface area contributed by atoms with Gasteiger partial charge in [-0.05, 0) is 20.3 Å². The van der Waals surface area contributed by atoms with E-state index in [0.717, 1.165) is 12.8 Å². The Morgan fingerprint density at radius 2 is 1.58 bits per heavy atom. The number of carbonyl (C=O) groups is 1. The summed E-state index contributed by atoms with van der Waals surface area (Å²) in [6.45, 7) is 5.95. The van der Waals surface area contributed by atoms with Crippen LogP contribution in [0, 0.1) is 0 Å². The fourth-order valence-corrected chi connectivity index (χ4v) is 3.74. The molecular weight excluding hydrogens is 256 g/mol. The lowest BCUT2D eigenvalue weighted by molar-refractivity contribution is -0.107. The number of rotatable bonds is 9. The first-order valence-corrected chi connectivity index (χ1v) is 8.46. The zero-order valence-corrected chi connectivity index (χ0v) is 13.4. The molecule has 1 rings (SSSR count). The lowest BCUT2D eigenvalue weighted by atomic mass is 9.97. The zero-order chi connectivity index (χ0) is 14.3. The summed E-state index contributed by atoms with van der Waals surface area (Å²) >= 11 is 1.30. The van der Waals surface area contributed by atoms with E-state index >= 15 is 0 Å². The summed E-state index contributed by atoms with van der Waals surface area (Å²) in [5.41, 5.74) is 0.548. The van der Waals surface area contributed by atoms with Gasteiger partial charge in [-0.15, -0.1) is 0 Å². The molecule has 0 aromatic heterocycles. The molecule has 0 aliphatic carbocycles. The Morgan fingerprint density at radius 1 is 1.05 bits per heavy atom. The normalized spacial score (nSPS) is 23.4. The summed E-state index contributed by atoms with van der Waals surface area (Å²) < 4.78 is -0.358. The molecule has 0 aromatic carbocycles. The summed E-state index contributed by atoms with van der Waals surface area (Å²) in [5.74, 6) is 0.311. The van der Waals surface area contributed by atoms with E-state index in [9.17, 15) is 9.90 Å². The van der Waals surface area contributed by atoms with Crippen molar-refractivity contribution in [1.29, 1.82) is 0 Å². The molecular formula is C16H28O2S. The van der Waals surface area contributed by atoms with Crippen molar-refractivity contribution in [2.75, 3.05) is 0 Å². The van der Waals surface area contributed by atoms with Crippen molar-refractivity contribution in [1.82, 2.24) is 0 Å². The molecule has 0 aromatic rings. The van der Waals surface area contributed by atoms with E-state index < -0.39 is 0 Å². The Kier molecular flexibility index (Phi) is 6.98. The molecule has 1 heterocycles. The predicted molar refractivity (Wildman–Crippen MR) is 83.6 cm³/mol. The molecule has 0 saturated heterocycles. The first-order chi connectivity index (χ1) is 9.01. The van der Waals surface area contributed by atoms with Gasteiger partial charge in [0.05, 0.1) is 4.75 Å². The Hall–Kier alpha value is -0.440. The van der Waals surface area contributed by atoms with Crippen molar-refractivity contribution in [3.63, 3.8) is 0 Å². The minimum Gasteiger partial charge on any atom is -0.510 e. The average molecular weight is 284 g/mol. The maximum Gasteiger partial charge on any atom is 0.219 e. The van der Waals surface area contributed by atoms with Crippen LogP contribution in [0.4, 0.5) is 0 Å². The highest BCUT2D eigenvalue weighted by atomic mass is 32.2. The standard InChI is InChI=1S/C16H28O2S/c1-4-5-6-7-8-9-10-11-12-16(3)14(17)13(2)15(18)19-16/h17H,4-12H2,1-3H3/t16-/m1/s1. The number of hydrogen-bond acceptors (Lipinski definition) is 3. The van der Waals surface area contributed by atoms with Crippen LogP contribution in [0.1, 0.15) is 78.6 Å². The Morgan fingerprint density at radius 3 is 2.05 bits per heavy atom. The van der Waals surface area contributed by atoms with E-state index in [4.69, 9.17) is 0 Å². The second-order valence-electron chi connectivity index (χ2n) is 5.82. The highest BCUT2D eigenvalue weighted by molar-refractivity contribution is 8.15. The van der Waals surface area contributed by atoms with E-state index in [1.165, 1.54) is 56.7 Å². The molecule has 0 radical (unpaired) electrons. The van der Waals surface area contributed by atoms with Gasteiger partial charge < -0.3 is 5.11 Å². The number of aliphatic hydroxyl groups is 1. The first kappa shape index (κ1) is 16.6. The van der Waals surface area contributed by atoms with E-state index in [-0.39, 0.29) is 9.86 Å². The van der Waals surface area contributed by atoms with Crippen LogP contribution >= 0.6 is 11.8 Å². The van der Waals surface area contributed by atoms with Gasteiger partial charge in [-0.25, -0.2) is 0 Å². The van der Waals surface area contributed by atoms with Gasteiger partial charge in [0.1, 0.15) is 5.76 Å². The average Bonchev–Trinajstić information content (AvgIpc) is 2.57. The number of hydrogen-bond donors (Lipinski definition) is 1. The fourth-order valence-electron chi connectivity index (χ4n) is 2.59. The molecule has 19 heavy (non-hydrogen) atoms. The van der Waals surface area contributed by atoms with Crippen molar-refractivity contribution in [2.24, 2.45) is 0 Å². The highest BCUT2D eigenvalue weighted by Gasteiger charge is 2.41. The summed E-state index contributed by atoms with van der Waals surface area (Å²) in [4.78, 5) is 11.6. The van der Waals surface area contributed by atoms with Gasteiger partial charge in [0, 0.05) is 5.57 Å². The molecule has 0 bridgehead atoms. The lowest BCUT2D eigenvalue weighted by Gasteiger charge is -2.22. The van der Waals surface area contributed by atoms with Crippen LogP contribution in [0.2, 0.25) is 0 Å². The zero-order valence-electron chi connectivity index (χ0n) is 12.6. The highest BCUT2D eigenvalue weighted by Crippen LogP contribution is 2.45. The van der Waals surface area contributed by atoms with Crippen molar-refractivity contribution in [3.05, 3.63) is 11.3 Å². The molecule has 1 aliphatic heterocycles. The SMILES string of the molecule is CCCCCCCCCC[C@@]1(C)SC(=O)C(C)=C1O. The molecule has 110 valence electrons. The predicted octanol–water partition coefficient (Wildman–Crippen LogP) is 5.38. The van der Waals surface area contributed by atoms with Crippen LogP contribution in [0.5, 0.6) is 0 Å². The van der Waals surface area contributed by atoms with Crippen molar-refractivity contribution in [2.45, 2.75) is 83.3 Å². The number of thioether (sulfide) groups is 1. The van der Waals surface area contributed by atoms with E-state index in [2.05, 4.69) is 6.92 Å². The summed E-state index contributed by atoms with van der Waals surface area (Å²) in [5, 5.41) is 10.1. The summed E-state index contributed by atoms with van der Waals surface area (Å²) in [6, 6.07) is 0. The van der Waals surface area contributed by atoms with Crippen LogP contribution in [0.3, 0.4) is 0 Å². The fraction of sp³-hybridized carbons (Fsp3) is 0.812. The second kappa shape index (κ2) is 7.98. The number of aliphatic hydroxyl groups excluding tert-OH is 1. The van der Waals surface area contributed by atoms with E-state index in [1.54, 1.807) is 6.92 Å². The molecule has 1 atom stereocenters. The number of carbonyl (C=O) groups excluding carboxylic acids is 1. The van der Waals surface area contributed by atoms with Crippen molar-refractivity contribution in [3.8, 4) is 0 Å². The minimum absolute atomic E-state index is 0.0413.